The van der Waals surface area contributed by atoms with E-state index in [1.807, 2.05) is 24.3 Å². The van der Waals surface area contributed by atoms with Crippen molar-refractivity contribution in [3.8, 4) is 0 Å². The molecule has 1 aromatic carbocycles. The van der Waals surface area contributed by atoms with Crippen molar-refractivity contribution in [1.82, 2.24) is 15.6 Å². The predicted molar refractivity (Wildman–Crippen MR) is 106 cm³/mol. The van der Waals surface area contributed by atoms with E-state index in [2.05, 4.69) is 15.6 Å². The Morgan fingerprint density at radius 3 is 2.48 bits per heavy atom. The summed E-state index contributed by atoms with van der Waals surface area (Å²) in [7, 11) is 0. The van der Waals surface area contributed by atoms with Crippen LogP contribution in [0.2, 0.25) is 0 Å². The van der Waals surface area contributed by atoms with Crippen LogP contribution in [0, 0.1) is 0 Å². The van der Waals surface area contributed by atoms with Gasteiger partial charge in [0.1, 0.15) is 12.1 Å². The van der Waals surface area contributed by atoms with Crippen LogP contribution in [0.25, 0.3) is 10.9 Å². The predicted octanol–water partition coefficient (Wildman–Crippen LogP) is -0.623. The van der Waals surface area contributed by atoms with Gasteiger partial charge in [0.05, 0.1) is 6.04 Å². The Morgan fingerprint density at radius 2 is 1.83 bits per heavy atom. The van der Waals surface area contributed by atoms with Gasteiger partial charge in [0, 0.05) is 23.5 Å². The van der Waals surface area contributed by atoms with Crippen molar-refractivity contribution >= 4 is 34.6 Å². The van der Waals surface area contributed by atoms with Crippen LogP contribution in [0.1, 0.15) is 25.3 Å². The molecule has 0 aliphatic rings. The molecule has 0 aliphatic heterocycles. The number of aromatic amines is 1. The molecule has 8 N–H and O–H groups in total. The Hall–Kier alpha value is -3.40. The molecule has 10 nitrogen and oxygen atoms in total. The van der Waals surface area contributed by atoms with E-state index in [1.54, 1.807) is 6.20 Å². The van der Waals surface area contributed by atoms with Crippen molar-refractivity contribution < 1.29 is 24.3 Å². The van der Waals surface area contributed by atoms with Crippen LogP contribution in [-0.2, 0) is 25.6 Å². The number of carboxylic acid groups (broad SMARTS) is 1. The molecule has 3 unspecified atom stereocenters. The zero-order valence-corrected chi connectivity index (χ0v) is 16.0. The molecule has 2 aromatic rings. The molecule has 10 heteroatoms. The van der Waals surface area contributed by atoms with Crippen LogP contribution < -0.4 is 22.1 Å². The number of carboxylic acids is 1. The lowest BCUT2D eigenvalue weighted by molar-refractivity contribution is -0.142. The number of fused-ring (bicyclic) bond motifs is 1. The summed E-state index contributed by atoms with van der Waals surface area (Å²) in [5.41, 5.74) is 12.8. The van der Waals surface area contributed by atoms with E-state index < -0.39 is 41.8 Å². The molecule has 156 valence electrons. The molecule has 29 heavy (non-hydrogen) atoms. The van der Waals surface area contributed by atoms with Crippen molar-refractivity contribution in [2.24, 2.45) is 11.5 Å². The molecular formula is C19H25N5O5. The summed E-state index contributed by atoms with van der Waals surface area (Å²) >= 11 is 0. The second-order valence-electron chi connectivity index (χ2n) is 6.80. The Bertz CT molecular complexity index is 909. The summed E-state index contributed by atoms with van der Waals surface area (Å²) in [6, 6.07) is 4.42. The standard InChI is InChI=1S/C19H25N5O5/c1-10(17(26)24-15(19(28)29)6-7-16(21)25)23-18(27)13(20)8-11-9-22-14-5-3-2-4-12(11)14/h2-5,9-10,13,15,22H,6-8,20H2,1H3,(H2,21,25)(H,23,27)(H,24,26)(H,28,29). The van der Waals surface area contributed by atoms with Gasteiger partial charge in [-0.05, 0) is 31.4 Å². The minimum atomic E-state index is -1.30. The van der Waals surface area contributed by atoms with E-state index in [1.165, 1.54) is 6.92 Å². The van der Waals surface area contributed by atoms with Crippen molar-refractivity contribution in [3.63, 3.8) is 0 Å². The van der Waals surface area contributed by atoms with E-state index in [4.69, 9.17) is 16.6 Å². The van der Waals surface area contributed by atoms with Crippen molar-refractivity contribution in [2.75, 3.05) is 0 Å². The molecule has 0 spiro atoms. The number of H-pyrrole nitrogens is 1. The van der Waals surface area contributed by atoms with Gasteiger partial charge in [-0.25, -0.2) is 4.79 Å². The van der Waals surface area contributed by atoms with Crippen LogP contribution in [0.5, 0.6) is 0 Å². The summed E-state index contributed by atoms with van der Waals surface area (Å²) in [5, 5.41) is 14.9. The first kappa shape index (κ1) is 21.9. The maximum atomic E-state index is 12.4. The van der Waals surface area contributed by atoms with Gasteiger partial charge in [-0.3, -0.25) is 14.4 Å². The lowest BCUT2D eigenvalue weighted by atomic mass is 10.0. The van der Waals surface area contributed by atoms with Gasteiger partial charge >= 0.3 is 5.97 Å². The summed E-state index contributed by atoms with van der Waals surface area (Å²) in [4.78, 5) is 49.7. The van der Waals surface area contributed by atoms with E-state index in [0.29, 0.717) is 0 Å². The molecule has 3 amide bonds. The van der Waals surface area contributed by atoms with Crippen LogP contribution in [0.3, 0.4) is 0 Å². The minimum absolute atomic E-state index is 0.142. The Kier molecular flexibility index (Phi) is 7.32. The fourth-order valence-electron chi connectivity index (χ4n) is 2.86. The molecule has 0 aliphatic carbocycles. The number of hydrogen-bond donors (Lipinski definition) is 6. The molecule has 0 radical (unpaired) electrons. The molecule has 1 heterocycles. The number of carbonyl (C=O) groups is 4. The third-order valence-corrected chi connectivity index (χ3v) is 4.50. The number of nitrogens with one attached hydrogen (secondary N) is 3. The number of benzene rings is 1. The number of para-hydroxylation sites is 1. The molecular weight excluding hydrogens is 378 g/mol. The van der Waals surface area contributed by atoms with Gasteiger partial charge in [0.2, 0.25) is 17.7 Å². The summed E-state index contributed by atoms with van der Waals surface area (Å²) in [6.45, 7) is 1.42. The van der Waals surface area contributed by atoms with Gasteiger partial charge in [-0.15, -0.1) is 0 Å². The average Bonchev–Trinajstić information content (AvgIpc) is 3.07. The Labute approximate surface area is 167 Å². The fourth-order valence-corrected chi connectivity index (χ4v) is 2.86. The normalized spacial score (nSPS) is 14.0. The monoisotopic (exact) mass is 403 g/mol. The number of primary amides is 1. The highest BCUT2D eigenvalue weighted by molar-refractivity contribution is 5.92. The number of aromatic nitrogens is 1. The van der Waals surface area contributed by atoms with E-state index >= 15 is 0 Å². The highest BCUT2D eigenvalue weighted by Gasteiger charge is 2.25. The summed E-state index contributed by atoms with van der Waals surface area (Å²) < 4.78 is 0. The molecule has 0 saturated heterocycles. The zero-order chi connectivity index (χ0) is 21.6. The van der Waals surface area contributed by atoms with E-state index in [0.717, 1.165) is 16.5 Å². The maximum Gasteiger partial charge on any atom is 0.326 e. The SMILES string of the molecule is CC(NC(=O)C(N)Cc1c[nH]c2ccccc12)C(=O)NC(CCC(N)=O)C(=O)O. The van der Waals surface area contributed by atoms with Crippen molar-refractivity contribution in [3.05, 3.63) is 36.0 Å². The Morgan fingerprint density at radius 1 is 1.14 bits per heavy atom. The van der Waals surface area contributed by atoms with Gasteiger partial charge in [-0.1, -0.05) is 18.2 Å². The smallest absolute Gasteiger partial charge is 0.326 e. The topological polar surface area (TPSA) is 180 Å². The lowest BCUT2D eigenvalue weighted by Gasteiger charge is -2.20. The third kappa shape index (κ3) is 6.04. The van der Waals surface area contributed by atoms with Gasteiger partial charge in [0.25, 0.3) is 0 Å². The number of amides is 3. The fraction of sp³-hybridized carbons (Fsp3) is 0.368. The van der Waals surface area contributed by atoms with Gasteiger partial charge < -0.3 is 32.2 Å². The van der Waals surface area contributed by atoms with E-state index in [9.17, 15) is 19.2 Å². The van der Waals surface area contributed by atoms with Gasteiger partial charge in [0.15, 0.2) is 0 Å². The Balaban J connectivity index is 1.91. The van der Waals surface area contributed by atoms with Crippen LogP contribution in [-0.4, -0.2) is 51.9 Å². The van der Waals surface area contributed by atoms with Crippen molar-refractivity contribution in [1.29, 1.82) is 0 Å². The highest BCUT2D eigenvalue weighted by atomic mass is 16.4. The second kappa shape index (κ2) is 9.69. The first-order chi connectivity index (χ1) is 13.7. The van der Waals surface area contributed by atoms with Crippen LogP contribution in [0.15, 0.2) is 30.5 Å². The molecule has 0 bridgehead atoms. The number of carbonyl (C=O) groups excluding carboxylic acids is 3. The number of aliphatic carboxylic acids is 1. The minimum Gasteiger partial charge on any atom is -0.480 e. The molecule has 0 saturated carbocycles. The van der Waals surface area contributed by atoms with Crippen LogP contribution in [0.4, 0.5) is 0 Å². The van der Waals surface area contributed by atoms with Crippen molar-refractivity contribution in [2.45, 2.75) is 44.3 Å². The third-order valence-electron chi connectivity index (χ3n) is 4.50. The molecule has 0 fully saturated rings. The number of hydrogen-bond acceptors (Lipinski definition) is 5. The molecule has 1 aromatic heterocycles. The quantitative estimate of drug-likeness (QED) is 0.307. The second-order valence-corrected chi connectivity index (χ2v) is 6.80. The first-order valence-corrected chi connectivity index (χ1v) is 9.11. The zero-order valence-electron chi connectivity index (χ0n) is 16.0. The first-order valence-electron chi connectivity index (χ1n) is 9.11. The number of rotatable bonds is 10. The average molecular weight is 403 g/mol. The molecule has 2 rings (SSSR count). The maximum absolute atomic E-state index is 12.4. The highest BCUT2D eigenvalue weighted by Crippen LogP contribution is 2.18. The number of nitrogens with two attached hydrogens (primary N) is 2. The molecule has 3 atom stereocenters. The lowest BCUT2D eigenvalue weighted by Crippen LogP contribution is -2.53. The van der Waals surface area contributed by atoms with Gasteiger partial charge in [-0.2, -0.15) is 0 Å². The summed E-state index contributed by atoms with van der Waals surface area (Å²) in [5.74, 6) is -3.21. The van der Waals surface area contributed by atoms with Crippen LogP contribution >= 0.6 is 0 Å². The summed E-state index contributed by atoms with van der Waals surface area (Å²) in [6.07, 6.45) is 1.72. The van der Waals surface area contributed by atoms with E-state index in [-0.39, 0.29) is 19.3 Å². The largest absolute Gasteiger partial charge is 0.480 e.